The molecule has 3 N–H and O–H groups in total. The van der Waals surface area contributed by atoms with E-state index in [0.717, 1.165) is 5.56 Å². The molecule has 0 aromatic heterocycles. The zero-order chi connectivity index (χ0) is 24.4. The fourth-order valence-corrected chi connectivity index (χ4v) is 4.49. The van der Waals surface area contributed by atoms with E-state index < -0.39 is 28.9 Å². The summed E-state index contributed by atoms with van der Waals surface area (Å²) in [6.07, 6.45) is 0.722. The highest BCUT2D eigenvalue weighted by molar-refractivity contribution is 6.30. The van der Waals surface area contributed by atoms with Crippen LogP contribution in [0.15, 0.2) is 48.5 Å². The van der Waals surface area contributed by atoms with Gasteiger partial charge < -0.3 is 20.4 Å². The molecule has 1 heterocycles. The van der Waals surface area contributed by atoms with Gasteiger partial charge in [0.15, 0.2) is 0 Å². The molecule has 0 aliphatic carbocycles. The molecule has 176 valence electrons. The molecule has 2 aromatic rings. The van der Waals surface area contributed by atoms with Crippen LogP contribution in [0.25, 0.3) is 0 Å². The summed E-state index contributed by atoms with van der Waals surface area (Å²) in [5.74, 6) is -1.87. The van der Waals surface area contributed by atoms with E-state index in [1.807, 2.05) is 26.0 Å². The summed E-state index contributed by atoms with van der Waals surface area (Å²) in [5, 5.41) is 24.0. The third kappa shape index (κ3) is 5.04. The van der Waals surface area contributed by atoms with Gasteiger partial charge in [-0.15, -0.1) is 0 Å². The van der Waals surface area contributed by atoms with E-state index in [0.29, 0.717) is 31.0 Å². The molecule has 0 radical (unpaired) electrons. The standard InChI is InChI=1S/C25H29ClN2O5/c1-4-20(27-21(29)16-6-5-7-17(14-16)23(31)32)22(30)28-13-12-25(33,24(2,3)15-28)18-8-10-19(26)11-9-18/h5-11,14,20,33H,4,12-13,15H2,1-3H3,(H,27,29)(H,31,32)/t20-,25+/m1/s1. The quantitative estimate of drug-likeness (QED) is 0.594. The molecule has 2 atom stereocenters. The first kappa shape index (κ1) is 24.7. The van der Waals surface area contributed by atoms with Crippen LogP contribution >= 0.6 is 11.6 Å². The average molecular weight is 473 g/mol. The Kier molecular flexibility index (Phi) is 7.14. The Bertz CT molecular complexity index is 1050. The molecule has 0 unspecified atom stereocenters. The Hall–Kier alpha value is -2.90. The minimum Gasteiger partial charge on any atom is -0.478 e. The summed E-state index contributed by atoms with van der Waals surface area (Å²) >= 11 is 5.99. The van der Waals surface area contributed by atoms with Gasteiger partial charge in [-0.05, 0) is 48.7 Å². The van der Waals surface area contributed by atoms with Crippen LogP contribution in [-0.4, -0.2) is 52.0 Å². The summed E-state index contributed by atoms with van der Waals surface area (Å²) in [6.45, 7) is 6.28. The summed E-state index contributed by atoms with van der Waals surface area (Å²) in [5.41, 5.74) is -0.843. The first-order valence-corrected chi connectivity index (χ1v) is 11.3. The number of carbonyl (C=O) groups excluding carboxylic acids is 2. The number of carboxylic acids is 1. The number of aromatic carboxylic acids is 1. The second-order valence-corrected chi connectivity index (χ2v) is 9.52. The van der Waals surface area contributed by atoms with Gasteiger partial charge in [0.2, 0.25) is 5.91 Å². The molecule has 8 heteroatoms. The number of benzene rings is 2. The third-order valence-electron chi connectivity index (χ3n) is 6.47. The number of carboxylic acid groups (broad SMARTS) is 1. The van der Waals surface area contributed by atoms with Crippen LogP contribution in [0.5, 0.6) is 0 Å². The monoisotopic (exact) mass is 472 g/mol. The number of nitrogens with one attached hydrogen (secondary N) is 1. The maximum Gasteiger partial charge on any atom is 0.335 e. The summed E-state index contributed by atoms with van der Waals surface area (Å²) in [6, 6.07) is 12.0. The lowest BCUT2D eigenvalue weighted by molar-refractivity contribution is -0.154. The van der Waals surface area contributed by atoms with Crippen molar-refractivity contribution in [3.05, 3.63) is 70.2 Å². The van der Waals surface area contributed by atoms with E-state index in [-0.39, 0.29) is 17.0 Å². The zero-order valence-corrected chi connectivity index (χ0v) is 19.7. The van der Waals surface area contributed by atoms with Gasteiger partial charge in [-0.1, -0.05) is 50.6 Å². The van der Waals surface area contributed by atoms with Crippen molar-refractivity contribution in [2.45, 2.75) is 45.3 Å². The van der Waals surface area contributed by atoms with Crippen molar-refractivity contribution in [3.8, 4) is 0 Å². The molecule has 2 aromatic carbocycles. The fraction of sp³-hybridized carbons (Fsp3) is 0.400. The normalized spacial score (nSPS) is 20.7. The number of aliphatic hydroxyl groups is 1. The molecule has 33 heavy (non-hydrogen) atoms. The highest BCUT2D eigenvalue weighted by atomic mass is 35.5. The Morgan fingerprint density at radius 3 is 2.33 bits per heavy atom. The first-order valence-electron chi connectivity index (χ1n) is 10.9. The number of piperidine rings is 1. The molecule has 0 bridgehead atoms. The second kappa shape index (κ2) is 9.53. The van der Waals surface area contributed by atoms with E-state index >= 15 is 0 Å². The zero-order valence-electron chi connectivity index (χ0n) is 19.0. The first-order chi connectivity index (χ1) is 15.5. The Morgan fingerprint density at radius 1 is 1.12 bits per heavy atom. The van der Waals surface area contributed by atoms with E-state index in [1.54, 1.807) is 24.0 Å². The van der Waals surface area contributed by atoms with Crippen LogP contribution < -0.4 is 5.32 Å². The smallest absolute Gasteiger partial charge is 0.335 e. The van der Waals surface area contributed by atoms with Crippen molar-refractivity contribution in [2.75, 3.05) is 13.1 Å². The van der Waals surface area contributed by atoms with Crippen LogP contribution in [0, 0.1) is 5.41 Å². The molecular formula is C25H29ClN2O5. The number of hydrogen-bond acceptors (Lipinski definition) is 4. The van der Waals surface area contributed by atoms with Gasteiger partial charge in [-0.3, -0.25) is 9.59 Å². The topological polar surface area (TPSA) is 107 Å². The highest BCUT2D eigenvalue weighted by Gasteiger charge is 2.50. The third-order valence-corrected chi connectivity index (χ3v) is 6.72. The van der Waals surface area contributed by atoms with Crippen molar-refractivity contribution in [1.29, 1.82) is 0 Å². The van der Waals surface area contributed by atoms with Crippen molar-refractivity contribution in [2.24, 2.45) is 5.41 Å². The SMILES string of the molecule is CC[C@@H](NC(=O)c1cccc(C(=O)O)c1)C(=O)N1CC[C@](O)(c2ccc(Cl)cc2)C(C)(C)C1. The van der Waals surface area contributed by atoms with Crippen molar-refractivity contribution in [1.82, 2.24) is 10.2 Å². The molecule has 3 rings (SSSR count). The predicted octanol–water partition coefficient (Wildman–Crippen LogP) is 3.69. The van der Waals surface area contributed by atoms with E-state index in [2.05, 4.69) is 5.32 Å². The fourth-order valence-electron chi connectivity index (χ4n) is 4.36. The number of carbonyl (C=O) groups is 3. The maximum absolute atomic E-state index is 13.3. The second-order valence-electron chi connectivity index (χ2n) is 9.08. The van der Waals surface area contributed by atoms with Crippen LogP contribution in [0.4, 0.5) is 0 Å². The van der Waals surface area contributed by atoms with Crippen LogP contribution in [-0.2, 0) is 10.4 Å². The Labute approximate surface area is 198 Å². The maximum atomic E-state index is 13.3. The molecule has 2 amide bonds. The van der Waals surface area contributed by atoms with Crippen molar-refractivity contribution < 1.29 is 24.6 Å². The molecule has 1 saturated heterocycles. The van der Waals surface area contributed by atoms with Gasteiger partial charge in [-0.25, -0.2) is 4.79 Å². The highest BCUT2D eigenvalue weighted by Crippen LogP contribution is 2.46. The van der Waals surface area contributed by atoms with Crippen LogP contribution in [0.1, 0.15) is 59.9 Å². The number of rotatable bonds is 6. The Balaban J connectivity index is 1.73. The van der Waals surface area contributed by atoms with Gasteiger partial charge in [-0.2, -0.15) is 0 Å². The number of nitrogens with zero attached hydrogens (tertiary/aromatic N) is 1. The molecule has 1 fully saturated rings. The Morgan fingerprint density at radius 2 is 1.76 bits per heavy atom. The molecular weight excluding hydrogens is 444 g/mol. The van der Waals surface area contributed by atoms with Crippen LogP contribution in [0.2, 0.25) is 5.02 Å². The number of halogens is 1. The molecule has 0 saturated carbocycles. The molecule has 1 aliphatic rings. The lowest BCUT2D eigenvalue weighted by Crippen LogP contribution is -2.59. The summed E-state index contributed by atoms with van der Waals surface area (Å²) < 4.78 is 0. The van der Waals surface area contributed by atoms with Gasteiger partial charge >= 0.3 is 5.97 Å². The number of likely N-dealkylation sites (tertiary alicyclic amines) is 1. The summed E-state index contributed by atoms with van der Waals surface area (Å²) in [7, 11) is 0. The van der Waals surface area contributed by atoms with Crippen LogP contribution in [0.3, 0.4) is 0 Å². The molecule has 7 nitrogen and oxygen atoms in total. The lowest BCUT2D eigenvalue weighted by Gasteiger charge is -2.51. The molecule has 0 spiro atoms. The predicted molar refractivity (Wildman–Crippen MR) is 125 cm³/mol. The van der Waals surface area contributed by atoms with E-state index in [9.17, 15) is 19.5 Å². The number of amides is 2. The summed E-state index contributed by atoms with van der Waals surface area (Å²) in [4.78, 5) is 38.8. The van der Waals surface area contributed by atoms with E-state index in [4.69, 9.17) is 16.7 Å². The van der Waals surface area contributed by atoms with Crippen molar-refractivity contribution in [3.63, 3.8) is 0 Å². The minimum atomic E-state index is -1.13. The van der Waals surface area contributed by atoms with Gasteiger partial charge in [0, 0.05) is 29.1 Å². The average Bonchev–Trinajstić information content (AvgIpc) is 2.79. The molecule has 1 aliphatic heterocycles. The van der Waals surface area contributed by atoms with Gasteiger partial charge in [0.25, 0.3) is 5.91 Å². The largest absolute Gasteiger partial charge is 0.478 e. The van der Waals surface area contributed by atoms with Gasteiger partial charge in [0.05, 0.1) is 11.2 Å². The van der Waals surface area contributed by atoms with Gasteiger partial charge in [0.1, 0.15) is 6.04 Å². The minimum absolute atomic E-state index is 0.00119. The lowest BCUT2D eigenvalue weighted by atomic mass is 9.66. The van der Waals surface area contributed by atoms with Crippen molar-refractivity contribution >= 4 is 29.4 Å². The van der Waals surface area contributed by atoms with E-state index in [1.165, 1.54) is 24.3 Å². The number of hydrogen-bond donors (Lipinski definition) is 3.